The summed E-state index contributed by atoms with van der Waals surface area (Å²) in [7, 11) is 0. The van der Waals surface area contributed by atoms with Gasteiger partial charge in [0, 0.05) is 6.42 Å². The Morgan fingerprint density at radius 3 is 2.16 bits per heavy atom. The van der Waals surface area contributed by atoms with Crippen LogP contribution in [-0.2, 0) is 9.47 Å². The van der Waals surface area contributed by atoms with Gasteiger partial charge in [0.1, 0.15) is 6.10 Å². The predicted molar refractivity (Wildman–Crippen MR) is 209 cm³/mol. The minimum atomic E-state index is -0.441. The Hall–Kier alpha value is -1.25. The summed E-state index contributed by atoms with van der Waals surface area (Å²) in [6.07, 6.45) is 39.2. The van der Waals surface area contributed by atoms with Gasteiger partial charge in [0.2, 0.25) is 0 Å². The van der Waals surface area contributed by atoms with Gasteiger partial charge in [-0.15, -0.1) is 0 Å². The van der Waals surface area contributed by atoms with Gasteiger partial charge in [-0.1, -0.05) is 142 Å². The predicted octanol–water partition coefficient (Wildman–Crippen LogP) is 14.6. The molecule has 0 bridgehead atoms. The molecular weight excluding hydrogens is 601 g/mol. The lowest BCUT2D eigenvalue weighted by atomic mass is 9.47. The van der Waals surface area contributed by atoms with Crippen molar-refractivity contribution in [3.8, 4) is 0 Å². The van der Waals surface area contributed by atoms with E-state index in [9.17, 15) is 4.79 Å². The van der Waals surface area contributed by atoms with Gasteiger partial charge in [-0.3, -0.25) is 0 Å². The molecule has 4 rings (SSSR count). The van der Waals surface area contributed by atoms with Gasteiger partial charge in [-0.2, -0.15) is 0 Å². The number of carbonyl (C=O) groups is 1. The molecule has 49 heavy (non-hydrogen) atoms. The number of fused-ring (bicyclic) bond motifs is 5. The van der Waals surface area contributed by atoms with Gasteiger partial charge in [0.25, 0.3) is 0 Å². The largest absolute Gasteiger partial charge is 0.508 e. The molecule has 0 amide bonds. The Kier molecular flexibility index (Phi) is 17.1. The highest BCUT2D eigenvalue weighted by atomic mass is 16.7. The highest BCUT2D eigenvalue weighted by Crippen LogP contribution is 2.67. The summed E-state index contributed by atoms with van der Waals surface area (Å²) in [6.45, 7) is 15.4. The average molecular weight is 681 g/mol. The molecule has 0 saturated heterocycles. The van der Waals surface area contributed by atoms with E-state index in [-0.39, 0.29) is 6.10 Å². The molecule has 4 aliphatic rings. The Morgan fingerprint density at radius 1 is 0.796 bits per heavy atom. The number of hydrogen-bond acceptors (Lipinski definition) is 3. The van der Waals surface area contributed by atoms with Crippen LogP contribution in [-0.4, -0.2) is 18.9 Å². The highest BCUT2D eigenvalue weighted by molar-refractivity contribution is 5.60. The van der Waals surface area contributed by atoms with Crippen molar-refractivity contribution in [1.29, 1.82) is 0 Å². The molecule has 0 N–H and O–H groups in total. The van der Waals surface area contributed by atoms with Crippen LogP contribution in [0.5, 0.6) is 0 Å². The first-order chi connectivity index (χ1) is 23.7. The molecule has 6 unspecified atom stereocenters. The lowest BCUT2D eigenvalue weighted by Gasteiger charge is -2.58. The third-order valence-corrected chi connectivity index (χ3v) is 14.4. The van der Waals surface area contributed by atoms with E-state index < -0.39 is 6.16 Å². The highest BCUT2D eigenvalue weighted by Gasteiger charge is 2.59. The Balaban J connectivity index is 1.08. The zero-order chi connectivity index (χ0) is 35.1. The van der Waals surface area contributed by atoms with E-state index in [2.05, 4.69) is 59.8 Å². The summed E-state index contributed by atoms with van der Waals surface area (Å²) >= 11 is 0. The molecular formula is C46H80O3. The van der Waals surface area contributed by atoms with Gasteiger partial charge >= 0.3 is 6.16 Å². The van der Waals surface area contributed by atoms with Crippen molar-refractivity contribution in [2.45, 2.75) is 208 Å². The van der Waals surface area contributed by atoms with Crippen molar-refractivity contribution >= 4 is 6.16 Å². The standard InChI is InChI=1S/C46H80O3/c1-7-8-9-10-11-12-13-14-15-16-17-18-19-20-21-22-34-48-44(47)49-39-30-32-45(5)38(35-39)26-27-40-42-29-28-41(37(4)25-23-24-36(2)3)46(42,6)33-31-43(40)45/h14-15,26,36-37,39-43H,7-13,16-25,27-35H2,1-6H3/t37?,39?,40?,41?,42?,43?,45-,46+/m0/s1. The van der Waals surface area contributed by atoms with Crippen LogP contribution >= 0.6 is 0 Å². The molecule has 0 heterocycles. The quantitative estimate of drug-likeness (QED) is 0.0648. The van der Waals surface area contributed by atoms with E-state index in [1.807, 2.05) is 0 Å². The molecule has 3 fully saturated rings. The number of carbonyl (C=O) groups excluding carboxylic acids is 1. The molecule has 0 aliphatic heterocycles. The fraction of sp³-hybridized carbons (Fsp3) is 0.891. The number of hydrogen-bond donors (Lipinski definition) is 0. The fourth-order valence-corrected chi connectivity index (χ4v) is 11.4. The smallest absolute Gasteiger partial charge is 0.434 e. The fourth-order valence-electron chi connectivity index (χ4n) is 11.4. The van der Waals surface area contributed by atoms with E-state index >= 15 is 0 Å². The summed E-state index contributed by atoms with van der Waals surface area (Å²) in [6, 6.07) is 0. The molecule has 0 radical (unpaired) electrons. The summed E-state index contributed by atoms with van der Waals surface area (Å²) in [5.41, 5.74) is 2.42. The second-order valence-electron chi connectivity index (χ2n) is 18.3. The van der Waals surface area contributed by atoms with Crippen molar-refractivity contribution < 1.29 is 14.3 Å². The van der Waals surface area contributed by atoms with E-state index in [0.717, 1.165) is 67.6 Å². The van der Waals surface area contributed by atoms with Crippen LogP contribution in [0.2, 0.25) is 0 Å². The van der Waals surface area contributed by atoms with Crippen molar-refractivity contribution in [2.24, 2.45) is 46.3 Å². The zero-order valence-corrected chi connectivity index (χ0v) is 33.4. The zero-order valence-electron chi connectivity index (χ0n) is 33.4. The van der Waals surface area contributed by atoms with Crippen LogP contribution in [0.15, 0.2) is 23.8 Å². The van der Waals surface area contributed by atoms with Gasteiger partial charge in [-0.05, 0) is 123 Å². The Morgan fingerprint density at radius 2 is 1.47 bits per heavy atom. The van der Waals surface area contributed by atoms with Crippen LogP contribution in [0.1, 0.15) is 202 Å². The average Bonchev–Trinajstić information content (AvgIpc) is 3.43. The van der Waals surface area contributed by atoms with E-state index in [4.69, 9.17) is 9.47 Å². The Labute approximate surface area is 304 Å². The number of ether oxygens (including phenoxy) is 2. The maximum atomic E-state index is 12.6. The maximum Gasteiger partial charge on any atom is 0.508 e. The van der Waals surface area contributed by atoms with Crippen LogP contribution in [0.25, 0.3) is 0 Å². The van der Waals surface area contributed by atoms with E-state index in [0.29, 0.717) is 17.4 Å². The molecule has 0 aromatic rings. The van der Waals surface area contributed by atoms with Crippen LogP contribution in [0, 0.1) is 46.3 Å². The molecule has 3 heteroatoms. The molecule has 3 nitrogen and oxygen atoms in total. The van der Waals surface area contributed by atoms with Crippen LogP contribution in [0.4, 0.5) is 4.79 Å². The van der Waals surface area contributed by atoms with Gasteiger partial charge in [0.05, 0.1) is 6.61 Å². The Bertz CT molecular complexity index is 1010. The first-order valence-electron chi connectivity index (χ1n) is 21.9. The molecule has 3 saturated carbocycles. The van der Waals surface area contributed by atoms with Crippen molar-refractivity contribution in [2.75, 3.05) is 6.61 Å². The second kappa shape index (κ2) is 20.7. The SMILES string of the molecule is CCCCCCCCC=CCCCCCCCCOC(=O)OC1CC[C@@]2(C)C(=CCC3C4CCC(C(C)CCCC(C)C)[C@@]4(C)CCC32)C1. The lowest BCUT2D eigenvalue weighted by molar-refractivity contribution is -0.0617. The van der Waals surface area contributed by atoms with E-state index in [1.165, 1.54) is 128 Å². The minimum absolute atomic E-state index is 0.0142. The third-order valence-electron chi connectivity index (χ3n) is 14.4. The molecule has 0 aromatic carbocycles. The molecule has 282 valence electrons. The second-order valence-corrected chi connectivity index (χ2v) is 18.3. The molecule has 4 aliphatic carbocycles. The number of unbranched alkanes of at least 4 members (excludes halogenated alkanes) is 12. The van der Waals surface area contributed by atoms with Crippen molar-refractivity contribution in [3.63, 3.8) is 0 Å². The topological polar surface area (TPSA) is 35.5 Å². The van der Waals surface area contributed by atoms with Crippen LogP contribution < -0.4 is 0 Å². The normalized spacial score (nSPS) is 31.7. The molecule has 8 atom stereocenters. The number of rotatable bonds is 22. The minimum Gasteiger partial charge on any atom is -0.434 e. The van der Waals surface area contributed by atoms with Crippen molar-refractivity contribution in [1.82, 2.24) is 0 Å². The monoisotopic (exact) mass is 681 g/mol. The molecule has 0 aromatic heterocycles. The summed E-state index contributed by atoms with van der Waals surface area (Å²) in [5.74, 6) is 5.15. The summed E-state index contributed by atoms with van der Waals surface area (Å²) < 4.78 is 11.5. The van der Waals surface area contributed by atoms with E-state index in [1.54, 1.807) is 5.57 Å². The lowest BCUT2D eigenvalue weighted by Crippen LogP contribution is -2.51. The summed E-state index contributed by atoms with van der Waals surface area (Å²) in [5, 5.41) is 0. The third kappa shape index (κ3) is 11.6. The maximum absolute atomic E-state index is 12.6. The van der Waals surface area contributed by atoms with Gasteiger partial charge in [-0.25, -0.2) is 4.79 Å². The summed E-state index contributed by atoms with van der Waals surface area (Å²) in [4.78, 5) is 12.6. The van der Waals surface area contributed by atoms with Crippen molar-refractivity contribution in [3.05, 3.63) is 23.8 Å². The van der Waals surface area contributed by atoms with Gasteiger partial charge < -0.3 is 9.47 Å². The first kappa shape index (κ1) is 40.5. The van der Waals surface area contributed by atoms with Gasteiger partial charge in [0.15, 0.2) is 0 Å². The molecule has 0 spiro atoms. The first-order valence-corrected chi connectivity index (χ1v) is 21.9. The van der Waals surface area contributed by atoms with Crippen LogP contribution in [0.3, 0.4) is 0 Å². The number of allylic oxidation sites excluding steroid dienone is 3.